The van der Waals surface area contributed by atoms with Crippen LogP contribution in [0.4, 0.5) is 5.82 Å². The van der Waals surface area contributed by atoms with Crippen molar-refractivity contribution in [2.24, 2.45) is 0 Å². The zero-order valence-corrected chi connectivity index (χ0v) is 20.7. The molecule has 0 radical (unpaired) electrons. The van der Waals surface area contributed by atoms with Crippen LogP contribution in [-0.4, -0.2) is 43.2 Å². The first-order valence-corrected chi connectivity index (χ1v) is 12.4. The molecule has 0 spiro atoms. The van der Waals surface area contributed by atoms with Crippen molar-refractivity contribution in [3.05, 3.63) is 113 Å². The van der Waals surface area contributed by atoms with Crippen molar-refractivity contribution in [1.82, 2.24) is 24.8 Å². The zero-order chi connectivity index (χ0) is 26.3. The summed E-state index contributed by atoms with van der Waals surface area (Å²) in [5, 5.41) is 16.9. The first-order valence-electron chi connectivity index (χ1n) is 12.4. The summed E-state index contributed by atoms with van der Waals surface area (Å²) in [6, 6.07) is 22.4. The number of benzene rings is 2. The number of aromatic nitrogens is 4. The molecule has 1 amide bonds. The number of pyridine rings is 1. The molecule has 0 saturated carbocycles. The number of aliphatic hydroxyl groups excluding tert-OH is 1. The van der Waals surface area contributed by atoms with Gasteiger partial charge in [0.15, 0.2) is 5.82 Å². The van der Waals surface area contributed by atoms with Crippen molar-refractivity contribution < 1.29 is 9.90 Å². The summed E-state index contributed by atoms with van der Waals surface area (Å²) >= 11 is 0. The fraction of sp³-hybridized carbons (Fsp3) is 0.172. The SMILES string of the molecule is O=C(Cn1c(-c2ccccc2)cnc(NC(CO)Cc2ccccc2)c1=O)NCc1cc2cnccc2[nH]1. The van der Waals surface area contributed by atoms with E-state index in [-0.39, 0.29) is 31.4 Å². The monoisotopic (exact) mass is 508 g/mol. The van der Waals surface area contributed by atoms with Crippen LogP contribution in [0.2, 0.25) is 0 Å². The highest BCUT2D eigenvalue weighted by Gasteiger charge is 2.18. The van der Waals surface area contributed by atoms with Gasteiger partial charge < -0.3 is 20.7 Å². The first kappa shape index (κ1) is 24.9. The zero-order valence-electron chi connectivity index (χ0n) is 20.7. The Hall–Kier alpha value is -4.76. The maximum atomic E-state index is 13.6. The molecule has 5 aromatic rings. The molecule has 0 saturated heterocycles. The molecule has 1 atom stereocenters. The number of H-pyrrole nitrogens is 1. The van der Waals surface area contributed by atoms with Crippen molar-refractivity contribution in [3.63, 3.8) is 0 Å². The largest absolute Gasteiger partial charge is 0.394 e. The number of aliphatic hydroxyl groups is 1. The van der Waals surface area contributed by atoms with E-state index in [0.29, 0.717) is 12.1 Å². The second kappa shape index (κ2) is 11.5. The predicted molar refractivity (Wildman–Crippen MR) is 147 cm³/mol. The van der Waals surface area contributed by atoms with Crippen LogP contribution in [0, 0.1) is 0 Å². The van der Waals surface area contributed by atoms with E-state index in [0.717, 1.165) is 27.7 Å². The number of nitrogens with one attached hydrogen (secondary N) is 3. The highest BCUT2D eigenvalue weighted by atomic mass is 16.3. The van der Waals surface area contributed by atoms with Crippen LogP contribution in [0.5, 0.6) is 0 Å². The minimum Gasteiger partial charge on any atom is -0.394 e. The molecule has 0 fully saturated rings. The summed E-state index contributed by atoms with van der Waals surface area (Å²) in [5.74, 6) is -0.239. The second-order valence-electron chi connectivity index (χ2n) is 9.00. The van der Waals surface area contributed by atoms with E-state index in [2.05, 4.69) is 25.6 Å². The number of fused-ring (bicyclic) bond motifs is 1. The summed E-state index contributed by atoms with van der Waals surface area (Å²) in [6.45, 7) is -0.0930. The average Bonchev–Trinajstić information content (AvgIpc) is 3.38. The Morgan fingerprint density at radius 3 is 2.53 bits per heavy atom. The molecule has 0 bridgehead atoms. The van der Waals surface area contributed by atoms with Gasteiger partial charge in [0.25, 0.3) is 5.56 Å². The first-order chi connectivity index (χ1) is 18.6. The van der Waals surface area contributed by atoms with Crippen LogP contribution in [0.15, 0.2) is 96.2 Å². The Bertz CT molecular complexity index is 1550. The highest BCUT2D eigenvalue weighted by molar-refractivity contribution is 5.80. The lowest BCUT2D eigenvalue weighted by Crippen LogP contribution is -2.36. The van der Waals surface area contributed by atoms with Gasteiger partial charge in [0.1, 0.15) is 6.54 Å². The lowest BCUT2D eigenvalue weighted by atomic mass is 10.1. The number of carbonyl (C=O) groups is 1. The highest BCUT2D eigenvalue weighted by Crippen LogP contribution is 2.18. The molecular formula is C29H28N6O3. The van der Waals surface area contributed by atoms with Crippen molar-refractivity contribution in [2.75, 3.05) is 11.9 Å². The van der Waals surface area contributed by atoms with Gasteiger partial charge in [-0.05, 0) is 29.7 Å². The topological polar surface area (TPSA) is 125 Å². The van der Waals surface area contributed by atoms with E-state index in [4.69, 9.17) is 0 Å². The smallest absolute Gasteiger partial charge is 0.294 e. The van der Waals surface area contributed by atoms with Gasteiger partial charge in [0, 0.05) is 29.0 Å². The van der Waals surface area contributed by atoms with Gasteiger partial charge in [0.2, 0.25) is 5.91 Å². The van der Waals surface area contributed by atoms with Crippen molar-refractivity contribution in [3.8, 4) is 11.3 Å². The van der Waals surface area contributed by atoms with E-state index >= 15 is 0 Å². The summed E-state index contributed by atoms with van der Waals surface area (Å²) in [7, 11) is 0. The summed E-state index contributed by atoms with van der Waals surface area (Å²) < 4.78 is 1.41. The van der Waals surface area contributed by atoms with Gasteiger partial charge in [-0.3, -0.25) is 19.1 Å². The molecular weight excluding hydrogens is 480 g/mol. The fourth-order valence-corrected chi connectivity index (χ4v) is 4.36. The second-order valence-corrected chi connectivity index (χ2v) is 9.00. The van der Waals surface area contributed by atoms with Gasteiger partial charge in [-0.2, -0.15) is 0 Å². The summed E-state index contributed by atoms with van der Waals surface area (Å²) in [4.78, 5) is 38.3. The molecule has 0 aliphatic rings. The molecule has 38 heavy (non-hydrogen) atoms. The number of carbonyl (C=O) groups excluding carboxylic acids is 1. The standard InChI is InChI=1S/C29H28N6O3/c36-19-24(13-20-7-3-1-4-8-20)34-28-29(38)35(26(17-32-28)21-9-5-2-6-10-21)18-27(37)31-16-23-14-22-15-30-12-11-25(22)33-23/h1-12,14-15,17,24,33,36H,13,16,18-19H2,(H,31,37)(H,32,34). The maximum absolute atomic E-state index is 13.6. The number of hydrogen-bond donors (Lipinski definition) is 4. The Morgan fingerprint density at radius 1 is 1.03 bits per heavy atom. The van der Waals surface area contributed by atoms with E-state index in [1.807, 2.05) is 72.8 Å². The Balaban J connectivity index is 1.37. The van der Waals surface area contributed by atoms with Gasteiger partial charge >= 0.3 is 0 Å². The van der Waals surface area contributed by atoms with Crippen LogP contribution < -0.4 is 16.2 Å². The Morgan fingerprint density at radius 2 is 1.79 bits per heavy atom. The lowest BCUT2D eigenvalue weighted by molar-refractivity contribution is -0.121. The van der Waals surface area contributed by atoms with Gasteiger partial charge in [-0.15, -0.1) is 0 Å². The quantitative estimate of drug-likeness (QED) is 0.230. The van der Waals surface area contributed by atoms with Crippen molar-refractivity contribution >= 4 is 22.6 Å². The molecule has 0 aliphatic carbocycles. The van der Waals surface area contributed by atoms with Crippen molar-refractivity contribution in [2.45, 2.75) is 25.6 Å². The number of rotatable bonds is 10. The fourth-order valence-electron chi connectivity index (χ4n) is 4.36. The third-order valence-electron chi connectivity index (χ3n) is 6.26. The average molecular weight is 509 g/mol. The van der Waals surface area contributed by atoms with Crippen molar-refractivity contribution in [1.29, 1.82) is 0 Å². The predicted octanol–water partition coefficient (Wildman–Crippen LogP) is 3.12. The number of nitrogens with zero attached hydrogens (tertiary/aromatic N) is 3. The van der Waals surface area contributed by atoms with Crippen LogP contribution in [0.1, 0.15) is 11.3 Å². The number of anilines is 1. The van der Waals surface area contributed by atoms with Gasteiger partial charge in [-0.25, -0.2) is 4.98 Å². The van der Waals surface area contributed by atoms with Gasteiger partial charge in [-0.1, -0.05) is 60.7 Å². The molecule has 3 aromatic heterocycles. The molecule has 9 nitrogen and oxygen atoms in total. The Kier molecular flexibility index (Phi) is 7.56. The van der Waals surface area contributed by atoms with Crippen LogP contribution in [-0.2, 0) is 24.3 Å². The third-order valence-corrected chi connectivity index (χ3v) is 6.26. The molecule has 0 aliphatic heterocycles. The molecule has 9 heteroatoms. The van der Waals surface area contributed by atoms with Crippen LogP contribution >= 0.6 is 0 Å². The van der Waals surface area contributed by atoms with Crippen LogP contribution in [0.3, 0.4) is 0 Å². The maximum Gasteiger partial charge on any atom is 0.294 e. The normalized spacial score (nSPS) is 11.8. The number of amides is 1. The lowest BCUT2D eigenvalue weighted by Gasteiger charge is -2.19. The minimum atomic E-state index is -0.440. The Labute approximate surface area is 219 Å². The van der Waals surface area contributed by atoms with E-state index in [1.54, 1.807) is 18.6 Å². The third kappa shape index (κ3) is 5.79. The van der Waals surface area contributed by atoms with E-state index in [1.165, 1.54) is 4.57 Å². The van der Waals surface area contributed by atoms with E-state index in [9.17, 15) is 14.7 Å². The molecule has 4 N–H and O–H groups in total. The summed E-state index contributed by atoms with van der Waals surface area (Å²) in [6.07, 6.45) is 5.55. The molecule has 5 rings (SSSR count). The van der Waals surface area contributed by atoms with E-state index < -0.39 is 11.6 Å². The minimum absolute atomic E-state index is 0.0792. The molecule has 192 valence electrons. The van der Waals surface area contributed by atoms with Gasteiger partial charge in [0.05, 0.1) is 31.1 Å². The number of aromatic amines is 1. The summed E-state index contributed by atoms with van der Waals surface area (Å²) in [5.41, 5.74) is 3.64. The van der Waals surface area contributed by atoms with Crippen LogP contribution in [0.25, 0.3) is 22.2 Å². The molecule has 3 heterocycles. The number of hydrogen-bond acceptors (Lipinski definition) is 6. The molecule has 1 unspecified atom stereocenters. The molecule has 2 aromatic carbocycles.